The monoisotopic (exact) mass is 350 g/mol. The van der Waals surface area contributed by atoms with Crippen LogP contribution in [-0.4, -0.2) is 20.6 Å². The van der Waals surface area contributed by atoms with E-state index in [-0.39, 0.29) is 11.7 Å². The Morgan fingerprint density at radius 1 is 1.08 bits per heavy atom. The molecule has 0 aromatic heterocycles. The fourth-order valence-corrected chi connectivity index (χ4v) is 2.71. The molecule has 2 aromatic carbocycles. The Morgan fingerprint density at radius 2 is 1.79 bits per heavy atom. The van der Waals surface area contributed by atoms with Crippen molar-refractivity contribution in [1.29, 1.82) is 0 Å². The molecule has 0 aliphatic heterocycles. The van der Waals surface area contributed by atoms with Gasteiger partial charge in [-0.05, 0) is 41.8 Å². The van der Waals surface area contributed by atoms with Crippen LogP contribution in [0.15, 0.2) is 48.5 Å². The second-order valence-corrected chi connectivity index (χ2v) is 7.23. The van der Waals surface area contributed by atoms with Crippen LogP contribution in [0, 0.1) is 5.82 Å². The average molecular weight is 350 g/mol. The van der Waals surface area contributed by atoms with E-state index in [2.05, 4.69) is 10.0 Å². The van der Waals surface area contributed by atoms with Crippen LogP contribution in [0.3, 0.4) is 0 Å². The SMILES string of the molecule is CS(=O)(=O)Nc1cccc(CNC(=O)CCc2ccc(F)cc2)c1. The maximum atomic E-state index is 12.8. The molecule has 5 nitrogen and oxygen atoms in total. The van der Waals surface area contributed by atoms with Crippen LogP contribution in [0.5, 0.6) is 0 Å². The first-order valence-electron chi connectivity index (χ1n) is 7.40. The number of hydrogen-bond acceptors (Lipinski definition) is 3. The number of aryl methyl sites for hydroxylation is 1. The third kappa shape index (κ3) is 6.37. The highest BCUT2D eigenvalue weighted by atomic mass is 32.2. The van der Waals surface area contributed by atoms with Gasteiger partial charge in [-0.2, -0.15) is 0 Å². The lowest BCUT2D eigenvalue weighted by Gasteiger charge is -2.08. The van der Waals surface area contributed by atoms with Crippen molar-refractivity contribution in [3.63, 3.8) is 0 Å². The number of hydrogen-bond donors (Lipinski definition) is 2. The number of sulfonamides is 1. The Hall–Kier alpha value is -2.41. The fourth-order valence-electron chi connectivity index (χ4n) is 2.16. The Morgan fingerprint density at radius 3 is 2.46 bits per heavy atom. The zero-order chi connectivity index (χ0) is 17.6. The summed E-state index contributed by atoms with van der Waals surface area (Å²) in [5.41, 5.74) is 2.14. The molecule has 0 saturated heterocycles. The van der Waals surface area contributed by atoms with E-state index < -0.39 is 10.0 Å². The van der Waals surface area contributed by atoms with Crippen molar-refractivity contribution in [2.45, 2.75) is 19.4 Å². The van der Waals surface area contributed by atoms with E-state index >= 15 is 0 Å². The molecule has 7 heteroatoms. The smallest absolute Gasteiger partial charge is 0.229 e. The second-order valence-electron chi connectivity index (χ2n) is 5.48. The number of benzene rings is 2. The normalized spacial score (nSPS) is 11.1. The van der Waals surface area contributed by atoms with Crippen LogP contribution in [0.2, 0.25) is 0 Å². The summed E-state index contributed by atoms with van der Waals surface area (Å²) in [6.45, 7) is 0.307. The topological polar surface area (TPSA) is 75.3 Å². The molecule has 0 heterocycles. The molecule has 2 rings (SSSR count). The van der Waals surface area contributed by atoms with E-state index in [0.717, 1.165) is 17.4 Å². The summed E-state index contributed by atoms with van der Waals surface area (Å²) in [5.74, 6) is -0.424. The first-order chi connectivity index (χ1) is 11.3. The zero-order valence-electron chi connectivity index (χ0n) is 13.3. The lowest BCUT2D eigenvalue weighted by molar-refractivity contribution is -0.121. The predicted molar refractivity (Wildman–Crippen MR) is 91.5 cm³/mol. The minimum absolute atomic E-state index is 0.124. The molecular weight excluding hydrogens is 331 g/mol. The van der Waals surface area contributed by atoms with E-state index in [1.54, 1.807) is 36.4 Å². The number of carbonyl (C=O) groups excluding carboxylic acids is 1. The number of carbonyl (C=O) groups is 1. The highest BCUT2D eigenvalue weighted by Gasteiger charge is 2.05. The lowest BCUT2D eigenvalue weighted by atomic mass is 10.1. The lowest BCUT2D eigenvalue weighted by Crippen LogP contribution is -2.23. The fraction of sp³-hybridized carbons (Fsp3) is 0.235. The quantitative estimate of drug-likeness (QED) is 0.805. The predicted octanol–water partition coefficient (Wildman–Crippen LogP) is 2.45. The Labute approximate surface area is 141 Å². The van der Waals surface area contributed by atoms with Gasteiger partial charge < -0.3 is 5.32 Å². The second kappa shape index (κ2) is 7.92. The molecule has 0 atom stereocenters. The highest BCUT2D eigenvalue weighted by molar-refractivity contribution is 7.92. The van der Waals surface area contributed by atoms with Gasteiger partial charge in [-0.1, -0.05) is 24.3 Å². The van der Waals surface area contributed by atoms with Crippen LogP contribution in [0.25, 0.3) is 0 Å². The molecule has 128 valence electrons. The van der Waals surface area contributed by atoms with Gasteiger partial charge in [0.25, 0.3) is 0 Å². The highest BCUT2D eigenvalue weighted by Crippen LogP contribution is 2.12. The minimum Gasteiger partial charge on any atom is -0.352 e. The van der Waals surface area contributed by atoms with Gasteiger partial charge in [-0.15, -0.1) is 0 Å². The molecule has 24 heavy (non-hydrogen) atoms. The molecule has 0 aliphatic carbocycles. The van der Waals surface area contributed by atoms with Gasteiger partial charge in [0.2, 0.25) is 15.9 Å². The van der Waals surface area contributed by atoms with Crippen molar-refractivity contribution in [2.24, 2.45) is 0 Å². The van der Waals surface area contributed by atoms with Crippen LogP contribution in [-0.2, 0) is 27.8 Å². The molecule has 2 N–H and O–H groups in total. The molecule has 0 saturated carbocycles. The maximum Gasteiger partial charge on any atom is 0.229 e. The summed E-state index contributed by atoms with van der Waals surface area (Å²) < 4.78 is 37.6. The summed E-state index contributed by atoms with van der Waals surface area (Å²) in [4.78, 5) is 11.9. The number of amides is 1. The van der Waals surface area contributed by atoms with Gasteiger partial charge in [0, 0.05) is 18.7 Å². The molecule has 0 bridgehead atoms. The zero-order valence-corrected chi connectivity index (χ0v) is 14.1. The maximum absolute atomic E-state index is 12.8. The van der Waals surface area contributed by atoms with Crippen molar-refractivity contribution in [2.75, 3.05) is 11.0 Å². The third-order valence-corrected chi connectivity index (χ3v) is 3.88. The largest absolute Gasteiger partial charge is 0.352 e. The van der Waals surface area contributed by atoms with E-state index in [4.69, 9.17) is 0 Å². The summed E-state index contributed by atoms with van der Waals surface area (Å²) in [6, 6.07) is 12.9. The van der Waals surface area contributed by atoms with Crippen molar-refractivity contribution >= 4 is 21.6 Å². The van der Waals surface area contributed by atoms with Crippen molar-refractivity contribution < 1.29 is 17.6 Å². The summed E-state index contributed by atoms with van der Waals surface area (Å²) in [6.07, 6.45) is 1.91. The van der Waals surface area contributed by atoms with Gasteiger partial charge in [0.1, 0.15) is 5.82 Å². The van der Waals surface area contributed by atoms with Crippen molar-refractivity contribution in [3.8, 4) is 0 Å². The molecular formula is C17H19FN2O3S. The Balaban J connectivity index is 1.83. The Bertz CT molecular complexity index is 805. The molecule has 0 aliphatic rings. The van der Waals surface area contributed by atoms with Gasteiger partial charge in [0.15, 0.2) is 0 Å². The van der Waals surface area contributed by atoms with Gasteiger partial charge in [-0.3, -0.25) is 9.52 Å². The first-order valence-corrected chi connectivity index (χ1v) is 9.29. The summed E-state index contributed by atoms with van der Waals surface area (Å²) in [7, 11) is -3.33. The number of halogens is 1. The van der Waals surface area contributed by atoms with Crippen LogP contribution in [0.1, 0.15) is 17.5 Å². The van der Waals surface area contributed by atoms with Crippen LogP contribution in [0.4, 0.5) is 10.1 Å². The molecule has 0 unspecified atom stereocenters. The minimum atomic E-state index is -3.33. The molecule has 2 aromatic rings. The van der Waals surface area contributed by atoms with E-state index in [0.29, 0.717) is 25.1 Å². The summed E-state index contributed by atoms with van der Waals surface area (Å²) >= 11 is 0. The Kier molecular flexibility index (Phi) is 5.92. The van der Waals surface area contributed by atoms with Crippen molar-refractivity contribution in [3.05, 3.63) is 65.5 Å². The van der Waals surface area contributed by atoms with Gasteiger partial charge in [-0.25, -0.2) is 12.8 Å². The van der Waals surface area contributed by atoms with Crippen LogP contribution < -0.4 is 10.0 Å². The van der Waals surface area contributed by atoms with Crippen LogP contribution >= 0.6 is 0 Å². The number of anilines is 1. The summed E-state index contributed by atoms with van der Waals surface area (Å²) in [5, 5.41) is 2.78. The van der Waals surface area contributed by atoms with Gasteiger partial charge in [0.05, 0.1) is 6.26 Å². The molecule has 0 fully saturated rings. The number of nitrogens with one attached hydrogen (secondary N) is 2. The van der Waals surface area contributed by atoms with E-state index in [1.165, 1.54) is 12.1 Å². The van der Waals surface area contributed by atoms with E-state index in [9.17, 15) is 17.6 Å². The third-order valence-electron chi connectivity index (χ3n) is 3.27. The standard InChI is InChI=1S/C17H19FN2O3S/c1-24(22,23)20-16-4-2-3-14(11-16)12-19-17(21)10-7-13-5-8-15(18)9-6-13/h2-6,8-9,11,20H,7,10,12H2,1H3,(H,19,21). The number of rotatable bonds is 7. The first kappa shape index (κ1) is 17.9. The molecule has 0 radical (unpaired) electrons. The van der Waals surface area contributed by atoms with Gasteiger partial charge >= 0.3 is 0 Å². The van der Waals surface area contributed by atoms with E-state index in [1.807, 2.05) is 0 Å². The molecule has 1 amide bonds. The average Bonchev–Trinajstić information content (AvgIpc) is 2.51. The van der Waals surface area contributed by atoms with Crippen molar-refractivity contribution in [1.82, 2.24) is 5.32 Å². The molecule has 0 spiro atoms.